The Bertz CT molecular complexity index is 653. The number of aryl methyl sites for hydroxylation is 4. The maximum Gasteiger partial charge on any atom is 0.291 e. The minimum atomic E-state index is -0.355. The molecule has 120 valence electrons. The van der Waals surface area contributed by atoms with Crippen molar-refractivity contribution in [2.75, 3.05) is 0 Å². The topological polar surface area (TPSA) is 46.2 Å². The van der Waals surface area contributed by atoms with Crippen LogP contribution in [0.4, 0.5) is 9.59 Å². The van der Waals surface area contributed by atoms with Gasteiger partial charge >= 0.3 is 0 Å². The van der Waals surface area contributed by atoms with Crippen LogP contribution in [0.3, 0.4) is 0 Å². The fourth-order valence-corrected chi connectivity index (χ4v) is 3.88. The Morgan fingerprint density at radius 3 is 1.30 bits per heavy atom. The Labute approximate surface area is 145 Å². The summed E-state index contributed by atoms with van der Waals surface area (Å²) in [4.78, 5) is 26.0. The Morgan fingerprint density at radius 2 is 1.00 bits per heavy atom. The summed E-state index contributed by atoms with van der Waals surface area (Å²) in [5.41, 5.74) is 4.11. The van der Waals surface area contributed by atoms with Crippen molar-refractivity contribution < 1.29 is 9.59 Å². The normalized spacial score (nSPS) is 10.4. The molecule has 0 bridgehead atoms. The molecule has 1 N–H and O–H groups in total. The summed E-state index contributed by atoms with van der Waals surface area (Å²) in [6.45, 7) is 7.82. The lowest BCUT2D eigenvalue weighted by atomic mass is 10.2. The molecule has 0 spiro atoms. The van der Waals surface area contributed by atoms with Crippen molar-refractivity contribution in [3.05, 3.63) is 58.7 Å². The summed E-state index contributed by atoms with van der Waals surface area (Å²) >= 11 is 2.12. The van der Waals surface area contributed by atoms with Crippen molar-refractivity contribution in [2.45, 2.75) is 37.5 Å². The second-order valence-corrected chi connectivity index (χ2v) is 7.31. The van der Waals surface area contributed by atoms with Crippen molar-refractivity contribution in [1.82, 2.24) is 5.32 Å². The van der Waals surface area contributed by atoms with E-state index in [9.17, 15) is 9.59 Å². The molecule has 2 aromatic carbocycles. The van der Waals surface area contributed by atoms with E-state index in [1.807, 2.05) is 64.1 Å². The van der Waals surface area contributed by atoms with Crippen molar-refractivity contribution >= 4 is 34.0 Å². The molecule has 23 heavy (non-hydrogen) atoms. The summed E-state index contributed by atoms with van der Waals surface area (Å²) in [6, 6.07) is 11.7. The molecule has 3 nitrogen and oxygen atoms in total. The second kappa shape index (κ2) is 7.70. The van der Waals surface area contributed by atoms with Gasteiger partial charge in [0.25, 0.3) is 10.5 Å². The van der Waals surface area contributed by atoms with Gasteiger partial charge in [0, 0.05) is 9.79 Å². The first-order valence-corrected chi connectivity index (χ1v) is 8.85. The van der Waals surface area contributed by atoms with Gasteiger partial charge in [-0.1, -0.05) is 36.4 Å². The van der Waals surface area contributed by atoms with Gasteiger partial charge < -0.3 is 0 Å². The number of rotatable bonds is 2. The van der Waals surface area contributed by atoms with Crippen LogP contribution in [0.1, 0.15) is 22.3 Å². The van der Waals surface area contributed by atoms with Gasteiger partial charge in [-0.2, -0.15) is 0 Å². The van der Waals surface area contributed by atoms with E-state index in [1.54, 1.807) is 0 Å². The largest absolute Gasteiger partial charge is 0.291 e. The minimum Gasteiger partial charge on any atom is -0.277 e. The smallest absolute Gasteiger partial charge is 0.277 e. The van der Waals surface area contributed by atoms with E-state index >= 15 is 0 Å². The lowest BCUT2D eigenvalue weighted by Crippen LogP contribution is -2.23. The number of amides is 2. The standard InChI is InChI=1S/C18H19NO2S2/c1-11-7-5-8-12(2)15(11)22-17(20)19-18(21)23-16-13(3)9-6-10-14(16)4/h5-10H,1-4H3,(H,19,20,21). The first-order valence-electron chi connectivity index (χ1n) is 7.21. The number of thioether (sulfide) groups is 2. The number of nitrogens with one attached hydrogen (secondary N) is 1. The second-order valence-electron chi connectivity index (χ2n) is 5.35. The monoisotopic (exact) mass is 345 g/mol. The molecule has 0 atom stereocenters. The van der Waals surface area contributed by atoms with Crippen LogP contribution in [-0.2, 0) is 0 Å². The molecule has 2 aromatic rings. The van der Waals surface area contributed by atoms with Crippen molar-refractivity contribution in [3.63, 3.8) is 0 Å². The molecule has 5 heteroatoms. The summed E-state index contributed by atoms with van der Waals surface area (Å²) in [5, 5.41) is 1.72. The zero-order valence-corrected chi connectivity index (χ0v) is 15.2. The highest BCUT2D eigenvalue weighted by molar-refractivity contribution is 8.15. The highest BCUT2D eigenvalue weighted by Crippen LogP contribution is 2.29. The third kappa shape index (κ3) is 4.62. The van der Waals surface area contributed by atoms with Crippen LogP contribution in [-0.4, -0.2) is 10.5 Å². The van der Waals surface area contributed by atoms with Gasteiger partial charge in [0.1, 0.15) is 0 Å². The van der Waals surface area contributed by atoms with Crippen LogP contribution >= 0.6 is 23.5 Å². The van der Waals surface area contributed by atoms with Crippen molar-refractivity contribution in [1.29, 1.82) is 0 Å². The summed E-state index contributed by atoms with van der Waals surface area (Å²) in [5.74, 6) is 0. The summed E-state index contributed by atoms with van der Waals surface area (Å²) in [7, 11) is 0. The third-order valence-electron chi connectivity index (χ3n) is 3.41. The van der Waals surface area contributed by atoms with Gasteiger partial charge in [0.2, 0.25) is 0 Å². The van der Waals surface area contributed by atoms with Crippen molar-refractivity contribution in [3.8, 4) is 0 Å². The zero-order valence-electron chi connectivity index (χ0n) is 13.6. The molecule has 0 aromatic heterocycles. The molecular weight excluding hydrogens is 326 g/mol. The third-order valence-corrected chi connectivity index (χ3v) is 5.68. The first-order chi connectivity index (χ1) is 10.9. The highest BCUT2D eigenvalue weighted by Gasteiger charge is 2.15. The first kappa shape index (κ1) is 17.6. The van der Waals surface area contributed by atoms with Crippen LogP contribution in [0.2, 0.25) is 0 Å². The number of benzene rings is 2. The Morgan fingerprint density at radius 1 is 0.696 bits per heavy atom. The van der Waals surface area contributed by atoms with E-state index in [2.05, 4.69) is 5.32 Å². The quantitative estimate of drug-likeness (QED) is 0.716. The van der Waals surface area contributed by atoms with E-state index < -0.39 is 0 Å². The van der Waals surface area contributed by atoms with E-state index in [1.165, 1.54) is 0 Å². The molecule has 0 aliphatic carbocycles. The lowest BCUT2D eigenvalue weighted by Gasteiger charge is -2.10. The lowest BCUT2D eigenvalue weighted by molar-refractivity contribution is 0.250. The number of carbonyl (C=O) groups excluding carboxylic acids is 2. The van der Waals surface area contributed by atoms with E-state index in [4.69, 9.17) is 0 Å². The van der Waals surface area contributed by atoms with Crippen LogP contribution < -0.4 is 5.32 Å². The predicted molar refractivity (Wildman–Crippen MR) is 97.5 cm³/mol. The molecule has 0 aliphatic heterocycles. The minimum absolute atomic E-state index is 0.355. The SMILES string of the molecule is Cc1cccc(C)c1SC(=O)NC(=O)Sc1c(C)cccc1C. The molecule has 2 rings (SSSR count). The van der Waals surface area contributed by atoms with Gasteiger partial charge in [0.15, 0.2) is 0 Å². The van der Waals surface area contributed by atoms with E-state index in [-0.39, 0.29) is 10.5 Å². The maximum absolute atomic E-state index is 12.1. The fourth-order valence-electron chi connectivity index (χ4n) is 2.24. The molecule has 0 heterocycles. The Balaban J connectivity index is 2.02. The van der Waals surface area contributed by atoms with E-state index in [0.717, 1.165) is 55.6 Å². The average molecular weight is 345 g/mol. The van der Waals surface area contributed by atoms with Crippen LogP contribution in [0.25, 0.3) is 0 Å². The average Bonchev–Trinajstić information content (AvgIpc) is 2.47. The van der Waals surface area contributed by atoms with Gasteiger partial charge in [0.05, 0.1) is 0 Å². The molecule has 2 amide bonds. The number of hydrogen-bond acceptors (Lipinski definition) is 4. The summed E-state index contributed by atoms with van der Waals surface area (Å²) < 4.78 is 0. The fraction of sp³-hybridized carbons (Fsp3) is 0.222. The predicted octanol–water partition coefficient (Wildman–Crippen LogP) is 5.63. The summed E-state index contributed by atoms with van der Waals surface area (Å²) in [6.07, 6.45) is 0. The molecular formula is C18H19NO2S2. The zero-order chi connectivity index (χ0) is 17.0. The molecule has 0 radical (unpaired) electrons. The van der Waals surface area contributed by atoms with Gasteiger partial charge in [-0.15, -0.1) is 0 Å². The molecule has 0 aliphatic rings. The van der Waals surface area contributed by atoms with E-state index in [0.29, 0.717) is 0 Å². The molecule has 0 saturated carbocycles. The Hall–Kier alpha value is -1.72. The highest BCUT2D eigenvalue weighted by atomic mass is 32.2. The number of carbonyl (C=O) groups is 2. The van der Waals surface area contributed by atoms with Gasteiger partial charge in [-0.3, -0.25) is 14.9 Å². The van der Waals surface area contributed by atoms with Crippen LogP contribution in [0.15, 0.2) is 46.2 Å². The molecule has 0 fully saturated rings. The molecule has 0 saturated heterocycles. The van der Waals surface area contributed by atoms with Crippen molar-refractivity contribution in [2.24, 2.45) is 0 Å². The number of imide groups is 1. The Kier molecular flexibility index (Phi) is 5.91. The molecule has 0 unspecified atom stereocenters. The number of hydrogen-bond donors (Lipinski definition) is 1. The van der Waals surface area contributed by atoms with Gasteiger partial charge in [-0.05, 0) is 73.5 Å². The van der Waals surface area contributed by atoms with Gasteiger partial charge in [-0.25, -0.2) is 0 Å². The van der Waals surface area contributed by atoms with Crippen LogP contribution in [0, 0.1) is 27.7 Å². The maximum atomic E-state index is 12.1. The van der Waals surface area contributed by atoms with Crippen LogP contribution in [0.5, 0.6) is 0 Å².